The van der Waals surface area contributed by atoms with E-state index >= 15 is 0 Å². The summed E-state index contributed by atoms with van der Waals surface area (Å²) >= 11 is 6.22. The van der Waals surface area contributed by atoms with Gasteiger partial charge in [-0.15, -0.1) is 0 Å². The molecule has 5 nitrogen and oxygen atoms in total. The molecule has 0 spiro atoms. The number of amidine groups is 1. The van der Waals surface area contributed by atoms with Gasteiger partial charge in [-0.05, 0) is 11.6 Å². The average molecular weight is 279 g/mol. The fraction of sp³-hybridized carbons (Fsp3) is 0.231. The van der Waals surface area contributed by atoms with Crippen LogP contribution in [0.15, 0.2) is 35.7 Å². The summed E-state index contributed by atoms with van der Waals surface area (Å²) in [5.74, 6) is 1.06. The Labute approximate surface area is 116 Å². The van der Waals surface area contributed by atoms with Crippen LogP contribution in [0.3, 0.4) is 0 Å². The van der Waals surface area contributed by atoms with Gasteiger partial charge in [0, 0.05) is 29.4 Å². The normalized spacial score (nSPS) is 11.8. The van der Waals surface area contributed by atoms with Crippen molar-refractivity contribution in [3.63, 3.8) is 0 Å². The smallest absolute Gasteiger partial charge is 0.170 e. The molecule has 0 fully saturated rings. The molecule has 0 aliphatic heterocycles. The Morgan fingerprint density at radius 3 is 2.95 bits per heavy atom. The topological polar surface area (TPSA) is 76.4 Å². The molecular formula is C13H15ClN4O. The van der Waals surface area contributed by atoms with Crippen LogP contribution in [0.4, 0.5) is 0 Å². The summed E-state index contributed by atoms with van der Waals surface area (Å²) in [7, 11) is 0. The lowest BCUT2D eigenvalue weighted by Gasteiger charge is -2.09. The molecule has 0 unspecified atom stereocenters. The Bertz CT molecular complexity index is 606. The van der Waals surface area contributed by atoms with Crippen LogP contribution in [0.1, 0.15) is 23.9 Å². The molecule has 1 aromatic carbocycles. The molecule has 3 N–H and O–H groups in total. The molecular weight excluding hydrogens is 264 g/mol. The van der Waals surface area contributed by atoms with Crippen molar-refractivity contribution in [3.05, 3.63) is 52.6 Å². The molecule has 19 heavy (non-hydrogen) atoms. The number of benzene rings is 1. The van der Waals surface area contributed by atoms with E-state index < -0.39 is 0 Å². The fourth-order valence-electron chi connectivity index (χ4n) is 1.87. The van der Waals surface area contributed by atoms with Crippen molar-refractivity contribution in [2.75, 3.05) is 0 Å². The zero-order chi connectivity index (χ0) is 13.8. The Kier molecular flexibility index (Phi) is 4.06. The zero-order valence-electron chi connectivity index (χ0n) is 10.5. The van der Waals surface area contributed by atoms with Gasteiger partial charge in [-0.3, -0.25) is 0 Å². The van der Waals surface area contributed by atoms with E-state index in [9.17, 15) is 0 Å². The number of aryl methyl sites for hydroxylation is 1. The van der Waals surface area contributed by atoms with Crippen LogP contribution in [-0.4, -0.2) is 20.6 Å². The van der Waals surface area contributed by atoms with Crippen LogP contribution < -0.4 is 5.73 Å². The van der Waals surface area contributed by atoms with Gasteiger partial charge in [0.1, 0.15) is 5.82 Å². The summed E-state index contributed by atoms with van der Waals surface area (Å²) in [5, 5.41) is 12.2. The molecule has 0 saturated carbocycles. The first-order valence-corrected chi connectivity index (χ1v) is 6.29. The third-order valence-corrected chi connectivity index (χ3v) is 3.27. The lowest BCUT2D eigenvalue weighted by atomic mass is 10.1. The molecule has 6 heteroatoms. The molecule has 0 aliphatic rings. The molecule has 0 saturated heterocycles. The maximum absolute atomic E-state index is 8.63. The number of imidazole rings is 1. The second kappa shape index (κ2) is 5.75. The van der Waals surface area contributed by atoms with Crippen molar-refractivity contribution in [1.82, 2.24) is 9.55 Å². The van der Waals surface area contributed by atoms with Gasteiger partial charge in [0.15, 0.2) is 5.84 Å². The van der Waals surface area contributed by atoms with Crippen molar-refractivity contribution >= 4 is 17.4 Å². The zero-order valence-corrected chi connectivity index (χ0v) is 11.3. The van der Waals surface area contributed by atoms with Gasteiger partial charge in [-0.25, -0.2) is 4.98 Å². The number of halogens is 1. The minimum atomic E-state index is 0.0466. The molecule has 2 rings (SSSR count). The van der Waals surface area contributed by atoms with E-state index in [1.54, 1.807) is 18.3 Å². The molecule has 0 amide bonds. The third kappa shape index (κ3) is 2.88. The molecule has 1 heterocycles. The number of oxime groups is 1. The van der Waals surface area contributed by atoms with E-state index in [-0.39, 0.29) is 5.84 Å². The highest BCUT2D eigenvalue weighted by Gasteiger charge is 2.07. The molecule has 1 aromatic heterocycles. The molecule has 100 valence electrons. The van der Waals surface area contributed by atoms with Crippen LogP contribution >= 0.6 is 11.6 Å². The maximum Gasteiger partial charge on any atom is 0.170 e. The Hall–Kier alpha value is -2.01. The Morgan fingerprint density at radius 1 is 1.53 bits per heavy atom. The number of hydrogen-bond acceptors (Lipinski definition) is 3. The standard InChI is InChI=1S/C13H15ClN4O/c1-2-12-16-5-6-18(12)8-10-4-3-9(7-11(10)14)13(15)17-19/h3-7,19H,2,8H2,1H3,(H2,15,17). The SMILES string of the molecule is CCc1nccn1Cc1ccc(/C(N)=N/O)cc1Cl. The van der Waals surface area contributed by atoms with Gasteiger partial charge in [-0.1, -0.05) is 35.8 Å². The number of rotatable bonds is 4. The van der Waals surface area contributed by atoms with Crippen LogP contribution in [0.2, 0.25) is 5.02 Å². The number of aromatic nitrogens is 2. The van der Waals surface area contributed by atoms with Crippen molar-refractivity contribution in [3.8, 4) is 0 Å². The van der Waals surface area contributed by atoms with Gasteiger partial charge in [0.05, 0.1) is 6.54 Å². The summed E-state index contributed by atoms with van der Waals surface area (Å²) in [5.41, 5.74) is 7.08. The van der Waals surface area contributed by atoms with Gasteiger partial charge >= 0.3 is 0 Å². The van der Waals surface area contributed by atoms with Crippen LogP contribution in [0, 0.1) is 0 Å². The molecule has 0 atom stereocenters. The average Bonchev–Trinajstić information content (AvgIpc) is 2.87. The summed E-state index contributed by atoms with van der Waals surface area (Å²) in [6.07, 6.45) is 4.57. The van der Waals surface area contributed by atoms with E-state index in [1.165, 1.54) is 0 Å². The highest BCUT2D eigenvalue weighted by Crippen LogP contribution is 2.19. The highest BCUT2D eigenvalue weighted by molar-refractivity contribution is 6.31. The van der Waals surface area contributed by atoms with E-state index in [1.807, 2.05) is 16.8 Å². The predicted octanol–water partition coefficient (Wildman–Crippen LogP) is 2.24. The summed E-state index contributed by atoms with van der Waals surface area (Å²) in [6.45, 7) is 2.71. The summed E-state index contributed by atoms with van der Waals surface area (Å²) in [4.78, 5) is 4.27. The fourth-order valence-corrected chi connectivity index (χ4v) is 2.11. The quantitative estimate of drug-likeness (QED) is 0.390. The van der Waals surface area contributed by atoms with Crippen molar-refractivity contribution < 1.29 is 5.21 Å². The summed E-state index contributed by atoms with van der Waals surface area (Å²) in [6, 6.07) is 5.34. The Balaban J connectivity index is 2.27. The van der Waals surface area contributed by atoms with Crippen LogP contribution in [-0.2, 0) is 13.0 Å². The lowest BCUT2D eigenvalue weighted by molar-refractivity contribution is 0.318. The molecule has 0 radical (unpaired) electrons. The van der Waals surface area contributed by atoms with Gasteiger partial charge in [0.2, 0.25) is 0 Å². The molecule has 0 bridgehead atoms. The largest absolute Gasteiger partial charge is 0.409 e. The molecule has 0 aliphatic carbocycles. The molecule has 2 aromatic rings. The number of nitrogens with two attached hydrogens (primary N) is 1. The van der Waals surface area contributed by atoms with Crippen molar-refractivity contribution in [1.29, 1.82) is 0 Å². The number of hydrogen-bond donors (Lipinski definition) is 2. The third-order valence-electron chi connectivity index (χ3n) is 2.92. The van der Waals surface area contributed by atoms with E-state index in [4.69, 9.17) is 22.5 Å². The monoisotopic (exact) mass is 278 g/mol. The second-order valence-electron chi connectivity index (χ2n) is 4.12. The summed E-state index contributed by atoms with van der Waals surface area (Å²) < 4.78 is 2.05. The van der Waals surface area contributed by atoms with Crippen LogP contribution in [0.25, 0.3) is 0 Å². The van der Waals surface area contributed by atoms with E-state index in [0.717, 1.165) is 17.8 Å². The second-order valence-corrected chi connectivity index (χ2v) is 4.52. The first-order valence-electron chi connectivity index (χ1n) is 5.92. The first-order chi connectivity index (χ1) is 9.15. The van der Waals surface area contributed by atoms with Gasteiger partial charge in [0.25, 0.3) is 0 Å². The lowest BCUT2D eigenvalue weighted by Crippen LogP contribution is -2.13. The minimum Gasteiger partial charge on any atom is -0.409 e. The first kappa shape index (κ1) is 13.4. The van der Waals surface area contributed by atoms with Gasteiger partial charge in [-0.2, -0.15) is 0 Å². The van der Waals surface area contributed by atoms with Crippen LogP contribution in [0.5, 0.6) is 0 Å². The number of nitrogens with zero attached hydrogens (tertiary/aromatic N) is 3. The predicted molar refractivity (Wildman–Crippen MR) is 74.7 cm³/mol. The van der Waals surface area contributed by atoms with Crippen molar-refractivity contribution in [2.24, 2.45) is 10.9 Å². The maximum atomic E-state index is 8.63. The van der Waals surface area contributed by atoms with E-state index in [0.29, 0.717) is 17.1 Å². The Morgan fingerprint density at radius 2 is 2.32 bits per heavy atom. The van der Waals surface area contributed by atoms with Gasteiger partial charge < -0.3 is 15.5 Å². The minimum absolute atomic E-state index is 0.0466. The van der Waals surface area contributed by atoms with Crippen molar-refractivity contribution in [2.45, 2.75) is 19.9 Å². The highest BCUT2D eigenvalue weighted by atomic mass is 35.5. The van der Waals surface area contributed by atoms with E-state index in [2.05, 4.69) is 17.1 Å².